The normalized spacial score (nSPS) is 23.1. The fourth-order valence-electron chi connectivity index (χ4n) is 1.01. The second-order valence-corrected chi connectivity index (χ2v) is 2.68. The molecule has 0 heterocycles. The van der Waals surface area contributed by atoms with Gasteiger partial charge in [0.25, 0.3) is 0 Å². The lowest BCUT2D eigenvalue weighted by atomic mass is 10.3. The molecule has 0 amide bonds. The number of hydrogen-bond acceptors (Lipinski definition) is 4. The summed E-state index contributed by atoms with van der Waals surface area (Å²) in [7, 11) is 0. The van der Waals surface area contributed by atoms with Crippen LogP contribution in [0.2, 0.25) is 0 Å². The first kappa shape index (κ1) is 12.7. The largest absolute Gasteiger partial charge is 0.466 e. The minimum atomic E-state index is -2.37. The molecule has 80 valence electrons. The molecular weight excluding hydrogens is 198 g/mol. The van der Waals surface area contributed by atoms with Crippen LogP contribution in [0.25, 0.3) is 0 Å². The third kappa shape index (κ3) is 4.09. The second kappa shape index (κ2) is 6.21. The van der Waals surface area contributed by atoms with Crippen LogP contribution in [0.15, 0.2) is 0 Å². The molecule has 0 N–H and O–H groups in total. The van der Waals surface area contributed by atoms with Crippen molar-refractivity contribution < 1.29 is 27.9 Å². The molecule has 4 nitrogen and oxygen atoms in total. The lowest BCUT2D eigenvalue weighted by molar-refractivity contribution is -0.191. The predicted molar refractivity (Wildman–Crippen MR) is 39.2 cm³/mol. The quantitative estimate of drug-likeness (QED) is 0.645. The zero-order valence-corrected chi connectivity index (χ0v) is 7.54. The first-order chi connectivity index (χ1) is 6.58. The predicted octanol–water partition coefficient (Wildman–Crippen LogP) is 0.867. The number of ether oxygens (including phenoxy) is 1. The first-order valence-electron chi connectivity index (χ1n) is 4.02. The zero-order chi connectivity index (χ0) is 11.1. The Morgan fingerprint density at radius 1 is 1.57 bits per heavy atom. The van der Waals surface area contributed by atoms with Gasteiger partial charge in [-0.3, -0.25) is 4.79 Å². The van der Waals surface area contributed by atoms with E-state index in [1.165, 1.54) is 0 Å². The van der Waals surface area contributed by atoms with E-state index in [-0.39, 0.29) is 19.2 Å². The summed E-state index contributed by atoms with van der Waals surface area (Å²) in [5.74, 6) is -1.75. The van der Waals surface area contributed by atoms with Crippen LogP contribution < -0.4 is 0 Å². The van der Waals surface area contributed by atoms with Crippen LogP contribution in [-0.2, 0) is 19.1 Å². The molecule has 0 aromatic heterocycles. The number of esters is 1. The lowest BCUT2D eigenvalue weighted by Gasteiger charge is -1.99. The van der Waals surface area contributed by atoms with Gasteiger partial charge in [-0.1, -0.05) is 0 Å². The highest BCUT2D eigenvalue weighted by molar-refractivity contribution is 5.75. The van der Waals surface area contributed by atoms with Crippen LogP contribution in [-0.4, -0.2) is 25.2 Å². The average molecular weight is 208 g/mol. The summed E-state index contributed by atoms with van der Waals surface area (Å²) >= 11 is 0. The summed E-state index contributed by atoms with van der Waals surface area (Å²) in [4.78, 5) is 27.0. The fourth-order valence-corrected chi connectivity index (χ4v) is 1.01. The van der Waals surface area contributed by atoms with Crippen molar-refractivity contribution in [2.45, 2.75) is 19.8 Å². The van der Waals surface area contributed by atoms with Gasteiger partial charge in [-0.25, -0.2) is 8.78 Å². The van der Waals surface area contributed by atoms with Crippen LogP contribution in [0.3, 0.4) is 0 Å². The second-order valence-electron chi connectivity index (χ2n) is 2.68. The van der Waals surface area contributed by atoms with E-state index in [2.05, 4.69) is 4.74 Å². The molecule has 1 saturated carbocycles. The molecule has 1 rings (SSSR count). The van der Waals surface area contributed by atoms with Crippen LogP contribution in [0, 0.1) is 11.8 Å². The molecule has 0 spiro atoms. The van der Waals surface area contributed by atoms with Crippen molar-refractivity contribution in [2.75, 3.05) is 6.61 Å². The van der Waals surface area contributed by atoms with Gasteiger partial charge < -0.3 is 4.74 Å². The molecule has 0 saturated heterocycles. The molecule has 2 atom stereocenters. The number of hydrogen-bond donors (Lipinski definition) is 0. The van der Waals surface area contributed by atoms with Gasteiger partial charge in [-0.05, 0) is 13.3 Å². The molecule has 1 aliphatic carbocycles. The summed E-state index contributed by atoms with van der Waals surface area (Å²) in [6.45, 7) is 1.93. The Bertz CT molecular complexity index is 223. The van der Waals surface area contributed by atoms with E-state index in [9.17, 15) is 13.6 Å². The van der Waals surface area contributed by atoms with E-state index in [0.29, 0.717) is 0 Å². The third-order valence-electron chi connectivity index (χ3n) is 1.75. The summed E-state index contributed by atoms with van der Waals surface area (Å²) in [6.07, 6.45) is -1.83. The third-order valence-corrected chi connectivity index (χ3v) is 1.75. The highest BCUT2D eigenvalue weighted by atomic mass is 19.3. The van der Waals surface area contributed by atoms with Gasteiger partial charge in [0.15, 0.2) is 0 Å². The SMILES string of the molecule is CCOC(=O)C1CC1C(F)F.O=C=O. The van der Waals surface area contributed by atoms with Crippen molar-refractivity contribution in [1.29, 1.82) is 0 Å². The van der Waals surface area contributed by atoms with E-state index in [4.69, 9.17) is 9.59 Å². The van der Waals surface area contributed by atoms with E-state index in [1.807, 2.05) is 0 Å². The standard InChI is InChI=1S/C7H10F2O2.CO2/c1-2-11-7(10)5-3-4(5)6(8)9;2-1-3/h4-6H,2-3H2,1H3;. The molecule has 6 heteroatoms. The lowest BCUT2D eigenvalue weighted by Crippen LogP contribution is -2.09. The average Bonchev–Trinajstić information content (AvgIpc) is 2.84. The maximum absolute atomic E-state index is 11.9. The Morgan fingerprint density at radius 3 is 2.36 bits per heavy atom. The molecule has 0 aromatic carbocycles. The van der Waals surface area contributed by atoms with Gasteiger partial charge in [-0.15, -0.1) is 0 Å². The molecular formula is C8H10F2O4. The molecule has 1 fully saturated rings. The maximum Gasteiger partial charge on any atom is 0.373 e. The van der Waals surface area contributed by atoms with Gasteiger partial charge in [0.1, 0.15) is 0 Å². The molecule has 1 aliphatic rings. The number of rotatable bonds is 3. The topological polar surface area (TPSA) is 60.4 Å². The number of carbonyl (C=O) groups excluding carboxylic acids is 3. The monoisotopic (exact) mass is 208 g/mol. The van der Waals surface area contributed by atoms with E-state index < -0.39 is 24.2 Å². The molecule has 0 radical (unpaired) electrons. The summed E-state index contributed by atoms with van der Waals surface area (Å²) in [5.41, 5.74) is 0. The minimum Gasteiger partial charge on any atom is -0.466 e. The molecule has 14 heavy (non-hydrogen) atoms. The Kier molecular flexibility index (Phi) is 5.64. The van der Waals surface area contributed by atoms with Crippen LogP contribution in [0.5, 0.6) is 0 Å². The van der Waals surface area contributed by atoms with Gasteiger partial charge in [0.05, 0.1) is 12.5 Å². The van der Waals surface area contributed by atoms with E-state index >= 15 is 0 Å². The van der Waals surface area contributed by atoms with E-state index in [1.54, 1.807) is 6.92 Å². The fraction of sp³-hybridized carbons (Fsp3) is 0.750. The van der Waals surface area contributed by atoms with Crippen molar-refractivity contribution in [2.24, 2.45) is 11.8 Å². The van der Waals surface area contributed by atoms with Crippen LogP contribution in [0.4, 0.5) is 8.78 Å². The smallest absolute Gasteiger partial charge is 0.373 e. The molecule has 2 unspecified atom stereocenters. The highest BCUT2D eigenvalue weighted by Crippen LogP contribution is 2.43. The van der Waals surface area contributed by atoms with Gasteiger partial charge in [-0.2, -0.15) is 9.59 Å². The molecule has 0 aliphatic heterocycles. The van der Waals surface area contributed by atoms with Crippen LogP contribution >= 0.6 is 0 Å². The van der Waals surface area contributed by atoms with Gasteiger partial charge >= 0.3 is 12.1 Å². The van der Waals surface area contributed by atoms with Crippen molar-refractivity contribution >= 4 is 12.1 Å². The van der Waals surface area contributed by atoms with Crippen LogP contribution in [0.1, 0.15) is 13.3 Å². The first-order valence-corrected chi connectivity index (χ1v) is 4.02. The molecule has 0 aromatic rings. The molecule has 0 bridgehead atoms. The van der Waals surface area contributed by atoms with Crippen molar-refractivity contribution in [3.8, 4) is 0 Å². The Morgan fingerprint density at radius 2 is 2.07 bits per heavy atom. The summed E-state index contributed by atoms with van der Waals surface area (Å²) in [6, 6.07) is 0. The highest BCUT2D eigenvalue weighted by Gasteiger charge is 2.49. The number of carbonyl (C=O) groups is 1. The van der Waals surface area contributed by atoms with Gasteiger partial charge in [0, 0.05) is 5.92 Å². The van der Waals surface area contributed by atoms with Crippen molar-refractivity contribution in [3.05, 3.63) is 0 Å². The zero-order valence-electron chi connectivity index (χ0n) is 7.54. The number of alkyl halides is 2. The van der Waals surface area contributed by atoms with Gasteiger partial charge in [0.2, 0.25) is 6.43 Å². The summed E-state index contributed by atoms with van der Waals surface area (Å²) in [5, 5.41) is 0. The number of halogens is 2. The maximum atomic E-state index is 11.9. The minimum absolute atomic E-state index is 0.250. The van der Waals surface area contributed by atoms with Crippen molar-refractivity contribution in [3.63, 3.8) is 0 Å². The Labute approximate surface area is 79.2 Å². The van der Waals surface area contributed by atoms with E-state index in [0.717, 1.165) is 0 Å². The Balaban J connectivity index is 0.000000500. The van der Waals surface area contributed by atoms with Crippen molar-refractivity contribution in [1.82, 2.24) is 0 Å². The summed E-state index contributed by atoms with van der Waals surface area (Å²) < 4.78 is 28.3. The Hall–Kier alpha value is -1.29.